The average molecular weight is 285 g/mol. The molecule has 1 rings (SSSR count). The monoisotopic (exact) mass is 285 g/mol. The van der Waals surface area contributed by atoms with Crippen molar-refractivity contribution in [3.63, 3.8) is 0 Å². The highest BCUT2D eigenvalue weighted by atomic mass is 16.6. The lowest BCUT2D eigenvalue weighted by molar-refractivity contribution is -0.153. The zero-order chi connectivity index (χ0) is 15.9. The number of carbonyl (C=O) groups is 2. The molecule has 2 unspecified atom stereocenters. The highest BCUT2D eigenvalue weighted by Crippen LogP contribution is 2.50. The number of amides is 1. The smallest absolute Gasteiger partial charge is 0.410 e. The molecule has 116 valence electrons. The maximum Gasteiger partial charge on any atom is 0.410 e. The van der Waals surface area contributed by atoms with Crippen molar-refractivity contribution in [2.75, 3.05) is 7.05 Å². The Morgan fingerprint density at radius 2 is 1.80 bits per heavy atom. The lowest BCUT2D eigenvalue weighted by Crippen LogP contribution is -2.58. The van der Waals surface area contributed by atoms with Gasteiger partial charge in [-0.25, -0.2) is 9.59 Å². The zero-order valence-corrected chi connectivity index (χ0v) is 13.6. The van der Waals surface area contributed by atoms with E-state index in [1.807, 2.05) is 20.8 Å². The van der Waals surface area contributed by atoms with Crippen molar-refractivity contribution in [3.8, 4) is 0 Å². The maximum atomic E-state index is 12.3. The molecule has 1 N–H and O–H groups in total. The normalized spacial score (nSPS) is 29.1. The average Bonchev–Trinajstić information content (AvgIpc) is 2.45. The number of aliphatic carboxylic acids is 1. The molecular weight excluding hydrogens is 258 g/mol. The first kappa shape index (κ1) is 16.8. The van der Waals surface area contributed by atoms with E-state index in [4.69, 9.17) is 4.74 Å². The first-order valence-corrected chi connectivity index (χ1v) is 7.02. The molecule has 1 amide bonds. The molecule has 0 bridgehead atoms. The van der Waals surface area contributed by atoms with E-state index in [2.05, 4.69) is 0 Å². The Morgan fingerprint density at radius 1 is 1.30 bits per heavy atom. The molecule has 0 heterocycles. The summed E-state index contributed by atoms with van der Waals surface area (Å²) in [5.41, 5.74) is -1.93. The molecule has 0 spiro atoms. The summed E-state index contributed by atoms with van der Waals surface area (Å²) in [4.78, 5) is 25.4. The van der Waals surface area contributed by atoms with Gasteiger partial charge in [0, 0.05) is 7.05 Å². The van der Waals surface area contributed by atoms with Gasteiger partial charge in [-0.05, 0) is 44.9 Å². The molecule has 1 aliphatic carbocycles. The molecule has 2 atom stereocenters. The van der Waals surface area contributed by atoms with Gasteiger partial charge in [0.05, 0.1) is 0 Å². The van der Waals surface area contributed by atoms with E-state index in [-0.39, 0.29) is 11.3 Å². The van der Waals surface area contributed by atoms with Gasteiger partial charge in [0.2, 0.25) is 0 Å². The van der Waals surface area contributed by atoms with Gasteiger partial charge >= 0.3 is 12.1 Å². The molecule has 0 radical (unpaired) electrons. The summed E-state index contributed by atoms with van der Waals surface area (Å²) in [6.07, 6.45) is 0.628. The minimum Gasteiger partial charge on any atom is -0.479 e. The Morgan fingerprint density at radius 3 is 2.10 bits per heavy atom. The lowest BCUT2D eigenvalue weighted by atomic mass is 9.85. The Kier molecular flexibility index (Phi) is 4.14. The van der Waals surface area contributed by atoms with Crippen molar-refractivity contribution in [2.45, 2.75) is 65.5 Å². The van der Waals surface area contributed by atoms with Gasteiger partial charge in [-0.2, -0.15) is 0 Å². The third-order valence-electron chi connectivity index (χ3n) is 4.06. The minimum atomic E-state index is -1.19. The van der Waals surface area contributed by atoms with Gasteiger partial charge in [-0.1, -0.05) is 20.8 Å². The molecule has 0 saturated heterocycles. The Hall–Kier alpha value is -1.26. The van der Waals surface area contributed by atoms with Crippen molar-refractivity contribution in [2.24, 2.45) is 11.3 Å². The first-order valence-electron chi connectivity index (χ1n) is 7.02. The maximum absolute atomic E-state index is 12.3. The third kappa shape index (κ3) is 3.07. The van der Waals surface area contributed by atoms with Crippen molar-refractivity contribution in [3.05, 3.63) is 0 Å². The van der Waals surface area contributed by atoms with Gasteiger partial charge in [0.25, 0.3) is 0 Å². The van der Waals surface area contributed by atoms with E-state index >= 15 is 0 Å². The van der Waals surface area contributed by atoms with Crippen molar-refractivity contribution >= 4 is 12.1 Å². The number of hydrogen-bond acceptors (Lipinski definition) is 3. The molecule has 0 aliphatic heterocycles. The Labute approximate surface area is 121 Å². The summed E-state index contributed by atoms with van der Waals surface area (Å²) in [5, 5.41) is 9.73. The van der Waals surface area contributed by atoms with Crippen LogP contribution in [0.1, 0.15) is 54.4 Å². The van der Waals surface area contributed by atoms with Crippen LogP contribution < -0.4 is 0 Å². The molecule has 0 aromatic carbocycles. The summed E-state index contributed by atoms with van der Waals surface area (Å²) < 4.78 is 5.33. The highest BCUT2D eigenvalue weighted by Gasteiger charge is 2.58. The van der Waals surface area contributed by atoms with Crippen LogP contribution in [0.4, 0.5) is 4.79 Å². The summed E-state index contributed by atoms with van der Waals surface area (Å²) in [7, 11) is 1.53. The van der Waals surface area contributed by atoms with E-state index in [9.17, 15) is 14.7 Å². The number of carbonyl (C=O) groups excluding carboxylic acids is 1. The van der Waals surface area contributed by atoms with Crippen LogP contribution in [0.3, 0.4) is 0 Å². The van der Waals surface area contributed by atoms with Crippen molar-refractivity contribution < 1.29 is 19.4 Å². The van der Waals surface area contributed by atoms with E-state index in [0.717, 1.165) is 6.42 Å². The standard InChI is InChI=1S/C15H27NO4/c1-10-8-14(5,6)9-15(10,11(17)18)16(7)12(19)20-13(2,3)4/h10H,8-9H2,1-7H3,(H,17,18). The molecule has 0 aromatic rings. The molecule has 0 aromatic heterocycles. The Bertz CT molecular complexity index is 411. The van der Waals surface area contributed by atoms with Gasteiger partial charge in [0.15, 0.2) is 0 Å². The summed E-state index contributed by atoms with van der Waals surface area (Å²) in [6, 6.07) is 0. The van der Waals surface area contributed by atoms with Crippen LogP contribution in [0, 0.1) is 11.3 Å². The van der Waals surface area contributed by atoms with Gasteiger partial charge < -0.3 is 9.84 Å². The second-order valence-electron chi connectivity index (χ2n) is 7.71. The fourth-order valence-electron chi connectivity index (χ4n) is 3.35. The number of carboxylic acid groups (broad SMARTS) is 1. The summed E-state index contributed by atoms with van der Waals surface area (Å²) in [6.45, 7) is 11.3. The summed E-state index contributed by atoms with van der Waals surface area (Å²) in [5.74, 6) is -1.07. The fraction of sp³-hybridized carbons (Fsp3) is 0.867. The highest BCUT2D eigenvalue weighted by molar-refractivity contribution is 5.85. The van der Waals surface area contributed by atoms with Crippen LogP contribution in [0.2, 0.25) is 0 Å². The fourth-order valence-corrected chi connectivity index (χ4v) is 3.35. The molecule has 1 fully saturated rings. The predicted octanol–water partition coefficient (Wildman–Crippen LogP) is 3.13. The summed E-state index contributed by atoms with van der Waals surface area (Å²) >= 11 is 0. The molecule has 1 saturated carbocycles. The number of likely N-dealkylation sites (N-methyl/N-ethyl adjacent to an activating group) is 1. The van der Waals surface area contributed by atoms with E-state index < -0.39 is 23.2 Å². The first-order chi connectivity index (χ1) is 8.82. The second kappa shape index (κ2) is 4.93. The second-order valence-corrected chi connectivity index (χ2v) is 7.71. The van der Waals surface area contributed by atoms with Crippen LogP contribution in [0.25, 0.3) is 0 Å². The van der Waals surface area contributed by atoms with Crippen LogP contribution in [0.5, 0.6) is 0 Å². The zero-order valence-electron chi connectivity index (χ0n) is 13.6. The predicted molar refractivity (Wildman–Crippen MR) is 76.5 cm³/mol. The van der Waals surface area contributed by atoms with Crippen molar-refractivity contribution in [1.29, 1.82) is 0 Å². The van der Waals surface area contributed by atoms with Crippen LogP contribution in [0.15, 0.2) is 0 Å². The topological polar surface area (TPSA) is 66.8 Å². The quantitative estimate of drug-likeness (QED) is 0.846. The molecule has 5 nitrogen and oxygen atoms in total. The minimum absolute atomic E-state index is 0.103. The lowest BCUT2D eigenvalue weighted by Gasteiger charge is -2.39. The van der Waals surface area contributed by atoms with Crippen LogP contribution in [-0.2, 0) is 9.53 Å². The molecule has 1 aliphatic rings. The number of ether oxygens (including phenoxy) is 1. The number of carboxylic acids is 1. The molecular formula is C15H27NO4. The van der Waals surface area contributed by atoms with E-state index in [0.29, 0.717) is 6.42 Å². The van der Waals surface area contributed by atoms with Gasteiger partial charge in [-0.15, -0.1) is 0 Å². The van der Waals surface area contributed by atoms with E-state index in [1.165, 1.54) is 11.9 Å². The largest absolute Gasteiger partial charge is 0.479 e. The SMILES string of the molecule is CC1CC(C)(C)CC1(C(=O)O)N(C)C(=O)OC(C)(C)C. The third-order valence-corrected chi connectivity index (χ3v) is 4.06. The molecule has 5 heteroatoms. The van der Waals surface area contributed by atoms with Gasteiger partial charge in [-0.3, -0.25) is 4.90 Å². The van der Waals surface area contributed by atoms with Crippen LogP contribution >= 0.6 is 0 Å². The van der Waals surface area contributed by atoms with Gasteiger partial charge in [0.1, 0.15) is 11.1 Å². The molecule has 20 heavy (non-hydrogen) atoms. The van der Waals surface area contributed by atoms with Crippen LogP contribution in [-0.4, -0.2) is 40.3 Å². The number of nitrogens with zero attached hydrogens (tertiary/aromatic N) is 1. The van der Waals surface area contributed by atoms with E-state index in [1.54, 1.807) is 20.8 Å². The number of hydrogen-bond donors (Lipinski definition) is 1. The Balaban J connectivity index is 3.10. The van der Waals surface area contributed by atoms with Crippen molar-refractivity contribution in [1.82, 2.24) is 4.90 Å². The number of rotatable bonds is 2.